The van der Waals surface area contributed by atoms with Gasteiger partial charge in [-0.15, -0.1) is 0 Å². The molecular weight excluding hydrogens is 262 g/mol. The van der Waals surface area contributed by atoms with Crippen LogP contribution in [0, 0.1) is 0 Å². The van der Waals surface area contributed by atoms with Crippen LogP contribution in [0.1, 0.15) is 38.2 Å². The molecule has 0 saturated heterocycles. The molecule has 0 saturated carbocycles. The Hall–Kier alpha value is -0.930. The second-order valence-electron chi connectivity index (χ2n) is 4.74. The molecule has 0 spiro atoms. The van der Waals surface area contributed by atoms with Gasteiger partial charge in [-0.2, -0.15) is 0 Å². The molecule has 1 unspecified atom stereocenters. The number of hydrogen-bond donors (Lipinski definition) is 1. The van der Waals surface area contributed by atoms with Crippen molar-refractivity contribution in [2.24, 2.45) is 5.73 Å². The summed E-state index contributed by atoms with van der Waals surface area (Å²) in [4.78, 5) is 0. The summed E-state index contributed by atoms with van der Waals surface area (Å²) in [6.07, 6.45) is 5.22. The molecule has 0 bridgehead atoms. The standard InChI is InChI=1S/C15H24ClNO2/c1-4-6-12(17)8-5-7-11-9-15(19-3)13(16)10-14(11)18-2/h9-10,12H,4-8,17H2,1-3H3. The Labute approximate surface area is 121 Å². The maximum Gasteiger partial charge on any atom is 0.137 e. The van der Waals surface area contributed by atoms with Crippen LogP contribution in [0.5, 0.6) is 11.5 Å². The van der Waals surface area contributed by atoms with Gasteiger partial charge in [0.1, 0.15) is 11.5 Å². The minimum Gasteiger partial charge on any atom is -0.496 e. The Balaban J connectivity index is 2.66. The van der Waals surface area contributed by atoms with Crippen LogP contribution in [0.25, 0.3) is 0 Å². The largest absolute Gasteiger partial charge is 0.496 e. The minimum absolute atomic E-state index is 0.296. The summed E-state index contributed by atoms with van der Waals surface area (Å²) in [7, 11) is 3.28. The van der Waals surface area contributed by atoms with E-state index >= 15 is 0 Å². The second kappa shape index (κ2) is 8.28. The van der Waals surface area contributed by atoms with Crippen LogP contribution < -0.4 is 15.2 Å². The molecule has 3 nitrogen and oxygen atoms in total. The second-order valence-corrected chi connectivity index (χ2v) is 5.15. The molecule has 0 aliphatic heterocycles. The molecule has 0 aliphatic carbocycles. The highest BCUT2D eigenvalue weighted by Crippen LogP contribution is 2.33. The Kier molecular flexibility index (Phi) is 7.03. The number of hydrogen-bond acceptors (Lipinski definition) is 3. The molecule has 0 radical (unpaired) electrons. The van der Waals surface area contributed by atoms with Crippen molar-refractivity contribution >= 4 is 11.6 Å². The molecule has 4 heteroatoms. The number of benzene rings is 1. The summed E-state index contributed by atoms with van der Waals surface area (Å²) in [6, 6.07) is 4.05. The van der Waals surface area contributed by atoms with Gasteiger partial charge < -0.3 is 15.2 Å². The lowest BCUT2D eigenvalue weighted by molar-refractivity contribution is 0.397. The van der Waals surface area contributed by atoms with Gasteiger partial charge in [-0.1, -0.05) is 24.9 Å². The van der Waals surface area contributed by atoms with Gasteiger partial charge in [-0.05, 0) is 37.3 Å². The number of rotatable bonds is 8. The third-order valence-electron chi connectivity index (χ3n) is 3.24. The van der Waals surface area contributed by atoms with Gasteiger partial charge >= 0.3 is 0 Å². The predicted octanol–water partition coefficient (Wildman–Crippen LogP) is 3.81. The van der Waals surface area contributed by atoms with Crippen molar-refractivity contribution in [3.63, 3.8) is 0 Å². The Bertz CT molecular complexity index is 396. The number of ether oxygens (including phenoxy) is 2. The average molecular weight is 286 g/mol. The summed E-state index contributed by atoms with van der Waals surface area (Å²) < 4.78 is 10.6. The maximum atomic E-state index is 6.08. The van der Waals surface area contributed by atoms with Gasteiger partial charge in [-0.3, -0.25) is 0 Å². The van der Waals surface area contributed by atoms with Gasteiger partial charge in [0.15, 0.2) is 0 Å². The summed E-state index contributed by atoms with van der Waals surface area (Å²) in [6.45, 7) is 2.16. The molecule has 108 valence electrons. The molecular formula is C15H24ClNO2. The van der Waals surface area contributed by atoms with Gasteiger partial charge in [-0.25, -0.2) is 0 Å². The van der Waals surface area contributed by atoms with E-state index < -0.39 is 0 Å². The van der Waals surface area contributed by atoms with Gasteiger partial charge in [0.05, 0.1) is 19.2 Å². The van der Waals surface area contributed by atoms with Crippen molar-refractivity contribution in [2.45, 2.75) is 45.1 Å². The number of nitrogens with two attached hydrogens (primary N) is 1. The third kappa shape index (κ3) is 4.92. The van der Waals surface area contributed by atoms with E-state index in [1.807, 2.05) is 12.1 Å². The first-order chi connectivity index (χ1) is 9.12. The molecule has 1 rings (SSSR count). The molecule has 1 aromatic rings. The van der Waals surface area contributed by atoms with Crippen LogP contribution in [-0.4, -0.2) is 20.3 Å². The first-order valence-electron chi connectivity index (χ1n) is 6.78. The fourth-order valence-electron chi connectivity index (χ4n) is 2.19. The molecule has 2 N–H and O–H groups in total. The molecule has 0 amide bonds. The smallest absolute Gasteiger partial charge is 0.137 e. The summed E-state index contributed by atoms with van der Waals surface area (Å²) in [5.41, 5.74) is 7.14. The van der Waals surface area contributed by atoms with E-state index in [-0.39, 0.29) is 0 Å². The van der Waals surface area contributed by atoms with E-state index in [2.05, 4.69) is 6.92 Å². The van der Waals surface area contributed by atoms with E-state index in [9.17, 15) is 0 Å². The molecule has 1 aromatic carbocycles. The van der Waals surface area contributed by atoms with Crippen LogP contribution in [0.4, 0.5) is 0 Å². The first-order valence-corrected chi connectivity index (χ1v) is 7.16. The van der Waals surface area contributed by atoms with Crippen molar-refractivity contribution in [1.82, 2.24) is 0 Å². The van der Waals surface area contributed by atoms with Crippen molar-refractivity contribution in [2.75, 3.05) is 14.2 Å². The minimum atomic E-state index is 0.296. The van der Waals surface area contributed by atoms with Gasteiger partial charge in [0.25, 0.3) is 0 Å². The molecule has 0 heterocycles. The molecule has 0 aliphatic rings. The lowest BCUT2D eigenvalue weighted by Crippen LogP contribution is -2.19. The van der Waals surface area contributed by atoms with Crippen molar-refractivity contribution in [1.29, 1.82) is 0 Å². The molecule has 0 aromatic heterocycles. The summed E-state index contributed by atoms with van der Waals surface area (Å²) >= 11 is 6.08. The highest BCUT2D eigenvalue weighted by Gasteiger charge is 2.10. The lowest BCUT2D eigenvalue weighted by atomic mass is 10.0. The number of aryl methyl sites for hydroxylation is 1. The fraction of sp³-hybridized carbons (Fsp3) is 0.600. The van der Waals surface area contributed by atoms with Crippen LogP contribution in [0.2, 0.25) is 5.02 Å². The lowest BCUT2D eigenvalue weighted by Gasteiger charge is -2.13. The highest BCUT2D eigenvalue weighted by molar-refractivity contribution is 6.32. The van der Waals surface area contributed by atoms with Crippen LogP contribution in [0.3, 0.4) is 0 Å². The van der Waals surface area contributed by atoms with Crippen LogP contribution in [-0.2, 0) is 6.42 Å². The van der Waals surface area contributed by atoms with Gasteiger partial charge in [0.2, 0.25) is 0 Å². The normalized spacial score (nSPS) is 12.3. The van der Waals surface area contributed by atoms with E-state index in [0.29, 0.717) is 16.8 Å². The summed E-state index contributed by atoms with van der Waals surface area (Å²) in [5, 5.41) is 0.575. The van der Waals surface area contributed by atoms with E-state index in [1.165, 1.54) is 0 Å². The van der Waals surface area contributed by atoms with Crippen molar-refractivity contribution < 1.29 is 9.47 Å². The Morgan fingerprint density at radius 2 is 1.84 bits per heavy atom. The monoisotopic (exact) mass is 285 g/mol. The number of halogens is 1. The SMILES string of the molecule is CCCC(N)CCCc1cc(OC)c(Cl)cc1OC. The van der Waals surface area contributed by atoms with E-state index in [4.69, 9.17) is 26.8 Å². The Morgan fingerprint density at radius 1 is 1.16 bits per heavy atom. The average Bonchev–Trinajstić information content (AvgIpc) is 2.40. The first kappa shape index (κ1) is 16.1. The number of methoxy groups -OCH3 is 2. The van der Waals surface area contributed by atoms with Crippen molar-refractivity contribution in [3.8, 4) is 11.5 Å². The van der Waals surface area contributed by atoms with E-state index in [1.54, 1.807) is 14.2 Å². The van der Waals surface area contributed by atoms with Crippen LogP contribution >= 0.6 is 11.6 Å². The summed E-state index contributed by atoms with van der Waals surface area (Å²) in [5.74, 6) is 1.50. The van der Waals surface area contributed by atoms with Crippen LogP contribution in [0.15, 0.2) is 12.1 Å². The van der Waals surface area contributed by atoms with E-state index in [0.717, 1.165) is 43.4 Å². The Morgan fingerprint density at radius 3 is 2.42 bits per heavy atom. The highest BCUT2D eigenvalue weighted by atomic mass is 35.5. The predicted molar refractivity (Wildman–Crippen MR) is 80.4 cm³/mol. The zero-order valence-corrected chi connectivity index (χ0v) is 12.8. The molecule has 1 atom stereocenters. The zero-order chi connectivity index (χ0) is 14.3. The zero-order valence-electron chi connectivity index (χ0n) is 12.0. The van der Waals surface area contributed by atoms with Gasteiger partial charge in [0, 0.05) is 12.1 Å². The third-order valence-corrected chi connectivity index (χ3v) is 3.53. The quantitative estimate of drug-likeness (QED) is 0.790. The molecule has 19 heavy (non-hydrogen) atoms. The van der Waals surface area contributed by atoms with Crippen molar-refractivity contribution in [3.05, 3.63) is 22.7 Å². The molecule has 0 fully saturated rings. The topological polar surface area (TPSA) is 44.5 Å². The maximum absolute atomic E-state index is 6.08. The fourth-order valence-corrected chi connectivity index (χ4v) is 2.42.